The van der Waals surface area contributed by atoms with Crippen LogP contribution in [0, 0.1) is 12.7 Å². The van der Waals surface area contributed by atoms with Crippen LogP contribution in [-0.4, -0.2) is 0 Å². The third-order valence-corrected chi connectivity index (χ3v) is 2.66. The number of nitrogens with zero attached hydrogens (tertiary/aromatic N) is 2. The van der Waals surface area contributed by atoms with Gasteiger partial charge < -0.3 is 9.80 Å². The van der Waals surface area contributed by atoms with E-state index in [1.807, 2.05) is 66.4 Å². The molecule has 0 saturated heterocycles. The molecule has 0 bridgehead atoms. The van der Waals surface area contributed by atoms with Crippen molar-refractivity contribution in [3.63, 3.8) is 0 Å². The van der Waals surface area contributed by atoms with Crippen LogP contribution in [0.3, 0.4) is 0 Å². The molecule has 0 N–H and O–H groups in total. The zero-order valence-corrected chi connectivity index (χ0v) is 12.1. The van der Waals surface area contributed by atoms with Gasteiger partial charge in [0.15, 0.2) is 0 Å². The fraction of sp³-hybridized carbons (Fsp3) is 0. The molecule has 1 aliphatic heterocycles. The second-order valence-corrected chi connectivity index (χ2v) is 3.81. The van der Waals surface area contributed by atoms with Crippen LogP contribution in [-0.2, 0) is 20.1 Å². The van der Waals surface area contributed by atoms with E-state index in [-0.39, 0.29) is 20.1 Å². The molecule has 0 saturated carbocycles. The summed E-state index contributed by atoms with van der Waals surface area (Å²) < 4.78 is 0. The first-order valence-electron chi connectivity index (χ1n) is 5.55. The first-order valence-corrected chi connectivity index (χ1v) is 5.55. The largest absolute Gasteiger partial charge is 0.500 e. The fourth-order valence-corrected chi connectivity index (χ4v) is 1.79. The van der Waals surface area contributed by atoms with Crippen molar-refractivity contribution in [3.05, 3.63) is 79.7 Å². The topological polar surface area (TPSA) is 6.48 Å². The van der Waals surface area contributed by atoms with Crippen LogP contribution in [0.2, 0.25) is 0 Å². The molecule has 0 aliphatic carbocycles. The van der Waals surface area contributed by atoms with Crippen LogP contribution in [0.1, 0.15) is 0 Å². The van der Waals surface area contributed by atoms with Crippen molar-refractivity contribution in [2.75, 3.05) is 9.80 Å². The van der Waals surface area contributed by atoms with E-state index in [0.717, 1.165) is 11.4 Å². The molecular formula is C15H12IrN2-2. The Morgan fingerprint density at radius 2 is 1.56 bits per heavy atom. The molecule has 0 atom stereocenters. The Labute approximate surface area is 121 Å². The zero-order valence-electron chi connectivity index (χ0n) is 9.66. The molecule has 0 unspecified atom stereocenters. The number of hydrogen-bond donors (Lipinski definition) is 0. The molecule has 93 valence electrons. The van der Waals surface area contributed by atoms with Gasteiger partial charge in [-0.1, -0.05) is 18.2 Å². The Bertz CT molecular complexity index is 463. The molecular weight excluding hydrogens is 400 g/mol. The molecule has 0 fully saturated rings. The van der Waals surface area contributed by atoms with E-state index >= 15 is 0 Å². The van der Waals surface area contributed by atoms with Crippen LogP contribution >= 0.6 is 0 Å². The van der Waals surface area contributed by atoms with Gasteiger partial charge in [-0.3, -0.25) is 0 Å². The number of hydrogen-bond acceptors (Lipinski definition) is 2. The number of anilines is 2. The maximum Gasteiger partial charge on any atom is 0.0124 e. The van der Waals surface area contributed by atoms with E-state index in [4.69, 9.17) is 0 Å². The summed E-state index contributed by atoms with van der Waals surface area (Å²) in [5.74, 6) is 0. The Kier molecular flexibility index (Phi) is 4.19. The maximum absolute atomic E-state index is 3.20. The smallest absolute Gasteiger partial charge is 0.0124 e. The summed E-state index contributed by atoms with van der Waals surface area (Å²) in [5, 5.41) is 0. The first kappa shape index (κ1) is 12.9. The van der Waals surface area contributed by atoms with E-state index < -0.39 is 0 Å². The standard InChI is InChI=1S/C15H12N2.Ir/c1-3-7-14(8-4-1)16-11-12-17(13-16)15-9-5-2-6-10-15;/h1-9,11-13H;/q-2;. The minimum absolute atomic E-state index is 0. The summed E-state index contributed by atoms with van der Waals surface area (Å²) in [6, 6.07) is 21.4. The Morgan fingerprint density at radius 3 is 2.28 bits per heavy atom. The van der Waals surface area contributed by atoms with Crippen molar-refractivity contribution in [2.45, 2.75) is 0 Å². The summed E-state index contributed by atoms with van der Waals surface area (Å²) in [4.78, 5) is 4.13. The van der Waals surface area contributed by atoms with Gasteiger partial charge in [-0.2, -0.15) is 30.3 Å². The van der Waals surface area contributed by atoms with Crippen molar-refractivity contribution >= 4 is 11.4 Å². The van der Waals surface area contributed by atoms with Gasteiger partial charge in [-0.15, -0.1) is 12.4 Å². The van der Waals surface area contributed by atoms with Crippen molar-refractivity contribution in [2.24, 2.45) is 0 Å². The second kappa shape index (κ2) is 5.85. The first-order chi connectivity index (χ1) is 8.43. The van der Waals surface area contributed by atoms with Gasteiger partial charge in [0, 0.05) is 25.8 Å². The van der Waals surface area contributed by atoms with Gasteiger partial charge in [-0.05, 0) is 24.5 Å². The Balaban J connectivity index is 0.00000120. The average Bonchev–Trinajstić information content (AvgIpc) is 2.90. The van der Waals surface area contributed by atoms with E-state index in [1.54, 1.807) is 0 Å². The van der Waals surface area contributed by atoms with Crippen LogP contribution in [0.15, 0.2) is 67.0 Å². The average molecular weight is 412 g/mol. The molecule has 3 rings (SSSR count). The molecule has 3 heteroatoms. The summed E-state index contributed by atoms with van der Waals surface area (Å²) >= 11 is 0. The predicted octanol–water partition coefficient (Wildman–Crippen LogP) is 3.40. The predicted molar refractivity (Wildman–Crippen MR) is 70.1 cm³/mol. The van der Waals surface area contributed by atoms with Gasteiger partial charge in [-0.25, -0.2) is 0 Å². The van der Waals surface area contributed by atoms with E-state index in [0.29, 0.717) is 0 Å². The van der Waals surface area contributed by atoms with Crippen LogP contribution < -0.4 is 9.80 Å². The van der Waals surface area contributed by atoms with E-state index in [9.17, 15) is 0 Å². The van der Waals surface area contributed by atoms with Gasteiger partial charge in [0.2, 0.25) is 0 Å². The number of para-hydroxylation sites is 2. The maximum atomic E-state index is 3.20. The van der Waals surface area contributed by atoms with Gasteiger partial charge in [0.1, 0.15) is 0 Å². The molecule has 0 spiro atoms. The number of benzene rings is 2. The molecule has 2 aromatic rings. The van der Waals surface area contributed by atoms with Crippen molar-refractivity contribution in [1.82, 2.24) is 0 Å². The fourth-order valence-electron chi connectivity index (χ4n) is 1.79. The molecule has 0 aromatic heterocycles. The van der Waals surface area contributed by atoms with Gasteiger partial charge >= 0.3 is 0 Å². The summed E-state index contributed by atoms with van der Waals surface area (Å²) in [7, 11) is 0. The second-order valence-electron chi connectivity index (χ2n) is 3.81. The minimum Gasteiger partial charge on any atom is -0.500 e. The summed E-state index contributed by atoms with van der Waals surface area (Å²) in [5.41, 5.74) is 2.20. The Morgan fingerprint density at radius 1 is 0.833 bits per heavy atom. The van der Waals surface area contributed by atoms with Crippen LogP contribution in [0.5, 0.6) is 0 Å². The molecule has 2 nitrogen and oxygen atoms in total. The zero-order chi connectivity index (χ0) is 11.5. The molecule has 2 aromatic carbocycles. The van der Waals surface area contributed by atoms with Gasteiger partial charge in [0.25, 0.3) is 0 Å². The summed E-state index contributed by atoms with van der Waals surface area (Å²) in [6.45, 7) is 2.04. The normalized spacial score (nSPS) is 13.6. The summed E-state index contributed by atoms with van der Waals surface area (Å²) in [6.07, 6.45) is 4.06. The molecule has 1 heterocycles. The van der Waals surface area contributed by atoms with Crippen molar-refractivity contribution in [3.8, 4) is 0 Å². The molecule has 0 amide bonds. The molecule has 1 aliphatic rings. The molecule has 1 radical (unpaired) electrons. The van der Waals surface area contributed by atoms with Gasteiger partial charge in [0.05, 0.1) is 0 Å². The van der Waals surface area contributed by atoms with Crippen molar-refractivity contribution < 1.29 is 20.1 Å². The van der Waals surface area contributed by atoms with Crippen LogP contribution in [0.25, 0.3) is 0 Å². The third-order valence-electron chi connectivity index (χ3n) is 2.66. The monoisotopic (exact) mass is 413 g/mol. The molecule has 18 heavy (non-hydrogen) atoms. The van der Waals surface area contributed by atoms with Crippen LogP contribution in [0.4, 0.5) is 11.4 Å². The third kappa shape index (κ3) is 2.63. The minimum atomic E-state index is 0. The SMILES string of the molecule is [Ir].[c-]1ccccc1N1C=CN(c2ccccc2)[CH-]1. The van der Waals surface area contributed by atoms with Crippen molar-refractivity contribution in [1.29, 1.82) is 0 Å². The van der Waals surface area contributed by atoms with E-state index in [2.05, 4.69) is 23.1 Å². The Hall–Kier alpha value is -1.57. The quantitative estimate of drug-likeness (QED) is 0.698. The number of rotatable bonds is 2. The van der Waals surface area contributed by atoms with E-state index in [1.165, 1.54) is 0 Å².